The molecule has 6 heteroatoms. The van der Waals surface area contributed by atoms with Crippen molar-refractivity contribution in [3.63, 3.8) is 0 Å². The van der Waals surface area contributed by atoms with Gasteiger partial charge in [0.25, 0.3) is 0 Å². The van der Waals surface area contributed by atoms with E-state index in [1.165, 1.54) is 257 Å². The number of amides is 1. The number of unbranched alkanes of at least 4 members (excludes halogenated alkanes) is 43. The van der Waals surface area contributed by atoms with E-state index < -0.39 is 18.2 Å². The second-order valence-electron chi connectivity index (χ2n) is 22.2. The van der Waals surface area contributed by atoms with Crippen molar-refractivity contribution in [1.29, 1.82) is 0 Å². The van der Waals surface area contributed by atoms with Gasteiger partial charge in [0.05, 0.1) is 25.2 Å². The molecule has 0 radical (unpaired) electrons. The van der Waals surface area contributed by atoms with Crippen molar-refractivity contribution in [3.05, 3.63) is 24.3 Å². The third kappa shape index (κ3) is 54.4. The topological polar surface area (TPSA) is 95.9 Å². The average Bonchev–Trinajstić information content (AvgIpc) is 3.36. The van der Waals surface area contributed by atoms with Gasteiger partial charge in [-0.3, -0.25) is 9.59 Å². The average molecular weight is 1000 g/mol. The zero-order chi connectivity index (χ0) is 51.6. The van der Waals surface area contributed by atoms with Gasteiger partial charge in [0.1, 0.15) is 6.10 Å². The van der Waals surface area contributed by atoms with Crippen molar-refractivity contribution in [2.24, 2.45) is 0 Å². The highest BCUT2D eigenvalue weighted by Gasteiger charge is 2.24. The Hall–Kier alpha value is -1.66. The maximum Gasteiger partial charge on any atom is 0.306 e. The second-order valence-corrected chi connectivity index (χ2v) is 22.2. The highest BCUT2D eigenvalue weighted by Crippen LogP contribution is 2.20. The van der Waals surface area contributed by atoms with Crippen LogP contribution in [0.15, 0.2) is 24.3 Å². The number of esters is 1. The molecule has 0 fully saturated rings. The van der Waals surface area contributed by atoms with Crippen LogP contribution in [-0.4, -0.2) is 46.9 Å². The van der Waals surface area contributed by atoms with Crippen molar-refractivity contribution in [2.45, 2.75) is 373 Å². The summed E-state index contributed by atoms with van der Waals surface area (Å²) in [6.45, 7) is 6.52. The molecule has 0 aliphatic carbocycles. The predicted octanol–water partition coefficient (Wildman–Crippen LogP) is 20.2. The van der Waals surface area contributed by atoms with Crippen LogP contribution in [0, 0.1) is 0 Å². The first kappa shape index (κ1) is 69.3. The summed E-state index contributed by atoms with van der Waals surface area (Å²) in [5.41, 5.74) is 0. The van der Waals surface area contributed by atoms with E-state index in [0.29, 0.717) is 19.3 Å². The first-order valence-electron chi connectivity index (χ1n) is 32.1. The number of carbonyl (C=O) groups excluding carboxylic acids is 2. The number of allylic oxidation sites excluding steroid dienone is 4. The molecule has 71 heavy (non-hydrogen) atoms. The lowest BCUT2D eigenvalue weighted by Gasteiger charge is -2.24. The lowest BCUT2D eigenvalue weighted by atomic mass is 10.0. The maximum atomic E-state index is 13.3. The van der Waals surface area contributed by atoms with Gasteiger partial charge in [0.15, 0.2) is 0 Å². The van der Waals surface area contributed by atoms with Gasteiger partial charge in [-0.1, -0.05) is 308 Å². The quantitative estimate of drug-likeness (QED) is 0.0320. The van der Waals surface area contributed by atoms with Crippen LogP contribution in [0.5, 0.6) is 0 Å². The third-order valence-electron chi connectivity index (χ3n) is 15.0. The Balaban J connectivity index is 4.48. The number of aliphatic hydroxyl groups is 2. The van der Waals surface area contributed by atoms with Crippen molar-refractivity contribution in [2.75, 3.05) is 6.61 Å². The van der Waals surface area contributed by atoms with Crippen LogP contribution in [0.3, 0.4) is 0 Å². The van der Waals surface area contributed by atoms with Gasteiger partial charge in [0, 0.05) is 6.42 Å². The van der Waals surface area contributed by atoms with E-state index in [-0.39, 0.29) is 24.9 Å². The number of hydrogen-bond donors (Lipinski definition) is 3. The molecule has 3 N–H and O–H groups in total. The van der Waals surface area contributed by atoms with Crippen molar-refractivity contribution >= 4 is 11.9 Å². The first-order chi connectivity index (χ1) is 35.0. The lowest BCUT2D eigenvalue weighted by Crippen LogP contribution is -2.46. The van der Waals surface area contributed by atoms with Crippen LogP contribution in [0.2, 0.25) is 0 Å². The Morgan fingerprint density at radius 2 is 0.718 bits per heavy atom. The number of aliphatic hydroxyl groups excluding tert-OH is 2. The predicted molar refractivity (Wildman–Crippen MR) is 310 cm³/mol. The molecule has 0 aromatic heterocycles. The van der Waals surface area contributed by atoms with Crippen LogP contribution in [0.25, 0.3) is 0 Å². The third-order valence-corrected chi connectivity index (χ3v) is 15.0. The fourth-order valence-electron chi connectivity index (χ4n) is 10.2. The largest absolute Gasteiger partial charge is 0.462 e. The van der Waals surface area contributed by atoms with Crippen LogP contribution >= 0.6 is 0 Å². The van der Waals surface area contributed by atoms with Gasteiger partial charge >= 0.3 is 5.97 Å². The molecule has 3 atom stereocenters. The number of hydrogen-bond acceptors (Lipinski definition) is 5. The fraction of sp³-hybridized carbons (Fsp3) is 0.908. The fourth-order valence-corrected chi connectivity index (χ4v) is 10.2. The summed E-state index contributed by atoms with van der Waals surface area (Å²) in [4.78, 5) is 26.4. The van der Waals surface area contributed by atoms with E-state index in [0.717, 1.165) is 51.4 Å². The minimum atomic E-state index is -0.786. The Labute approximate surface area is 443 Å². The van der Waals surface area contributed by atoms with Crippen LogP contribution in [-0.2, 0) is 14.3 Å². The molecule has 0 bridgehead atoms. The van der Waals surface area contributed by atoms with Gasteiger partial charge in [0.2, 0.25) is 5.91 Å². The molecule has 0 aromatic carbocycles. The zero-order valence-electron chi connectivity index (χ0n) is 48.1. The molecule has 3 unspecified atom stereocenters. The van der Waals surface area contributed by atoms with Crippen molar-refractivity contribution in [3.8, 4) is 0 Å². The number of carbonyl (C=O) groups is 2. The summed E-state index contributed by atoms with van der Waals surface area (Å²) >= 11 is 0. The molecular formula is C65H125NO5. The molecule has 0 aliphatic rings. The van der Waals surface area contributed by atoms with Crippen molar-refractivity contribution in [1.82, 2.24) is 5.32 Å². The lowest BCUT2D eigenvalue weighted by molar-refractivity contribution is -0.151. The zero-order valence-corrected chi connectivity index (χ0v) is 48.1. The van der Waals surface area contributed by atoms with E-state index >= 15 is 0 Å². The van der Waals surface area contributed by atoms with Crippen LogP contribution in [0.1, 0.15) is 355 Å². The van der Waals surface area contributed by atoms with Crippen LogP contribution in [0.4, 0.5) is 0 Å². The highest BCUT2D eigenvalue weighted by atomic mass is 16.5. The molecular weight excluding hydrogens is 875 g/mol. The number of ether oxygens (including phenoxy) is 1. The summed E-state index contributed by atoms with van der Waals surface area (Å²) in [6.07, 6.45) is 71.1. The standard InChI is InChI=1S/C65H125NO5/c1-4-7-10-13-16-19-22-25-28-31-32-34-37-40-43-46-49-52-55-58-65(70)71-61(56-53-50-47-44-41-38-35-30-27-24-21-18-15-12-9-6-3)59-64(69)66-62(60-67)63(68)57-54-51-48-45-42-39-36-33-29-26-23-20-17-14-11-8-5-2/h16,19,25,28,61-63,67-68H,4-15,17-18,20-24,26-27,29-60H2,1-3H3,(H,66,69)/b19-16-,28-25-. The first-order valence-corrected chi connectivity index (χ1v) is 32.1. The molecule has 6 nitrogen and oxygen atoms in total. The molecule has 420 valence electrons. The molecule has 0 saturated carbocycles. The van der Waals surface area contributed by atoms with E-state index in [1.807, 2.05) is 0 Å². The molecule has 0 aliphatic heterocycles. The summed E-state index contributed by atoms with van der Waals surface area (Å²) in [5, 5.41) is 24.0. The van der Waals surface area contributed by atoms with Gasteiger partial charge in [-0.15, -0.1) is 0 Å². The Bertz CT molecular complexity index is 1120. The summed E-state index contributed by atoms with van der Waals surface area (Å²) < 4.78 is 5.99. The second kappa shape index (κ2) is 59.2. The normalized spacial score (nSPS) is 13.1. The molecule has 0 saturated heterocycles. The minimum Gasteiger partial charge on any atom is -0.462 e. The van der Waals surface area contributed by atoms with Crippen molar-refractivity contribution < 1.29 is 24.5 Å². The minimum absolute atomic E-state index is 0.0830. The number of nitrogens with one attached hydrogen (secondary N) is 1. The highest BCUT2D eigenvalue weighted by molar-refractivity contribution is 5.77. The molecule has 0 heterocycles. The Kier molecular flexibility index (Phi) is 57.8. The maximum absolute atomic E-state index is 13.3. The molecule has 0 rings (SSSR count). The molecule has 0 spiro atoms. The van der Waals surface area contributed by atoms with Gasteiger partial charge < -0.3 is 20.3 Å². The van der Waals surface area contributed by atoms with E-state index in [1.54, 1.807) is 0 Å². The summed E-state index contributed by atoms with van der Waals surface area (Å²) in [5.74, 6) is -0.453. The van der Waals surface area contributed by atoms with Gasteiger partial charge in [-0.2, -0.15) is 0 Å². The summed E-state index contributed by atoms with van der Waals surface area (Å²) in [7, 11) is 0. The Morgan fingerprint density at radius 3 is 1.10 bits per heavy atom. The SMILES string of the molecule is CCCCC/C=C\C/C=C\CCCCCCCCCCCC(=O)OC(CCCCCCCCCCCCCCCCCC)CC(=O)NC(CO)C(O)CCCCCCCCCCCCCCCCCCC. The van der Waals surface area contributed by atoms with Crippen LogP contribution < -0.4 is 5.32 Å². The number of rotatable bonds is 59. The van der Waals surface area contributed by atoms with E-state index in [2.05, 4.69) is 50.4 Å². The molecule has 0 aromatic rings. The monoisotopic (exact) mass is 1000 g/mol. The smallest absolute Gasteiger partial charge is 0.306 e. The molecule has 1 amide bonds. The van der Waals surface area contributed by atoms with E-state index in [4.69, 9.17) is 4.74 Å². The van der Waals surface area contributed by atoms with E-state index in [9.17, 15) is 19.8 Å². The Morgan fingerprint density at radius 1 is 0.408 bits per heavy atom. The van der Waals surface area contributed by atoms with Gasteiger partial charge in [-0.05, 0) is 57.8 Å². The summed E-state index contributed by atoms with van der Waals surface area (Å²) in [6, 6.07) is -0.699. The van der Waals surface area contributed by atoms with Gasteiger partial charge in [-0.25, -0.2) is 0 Å².